The second-order valence-electron chi connectivity index (χ2n) is 23.7. The van der Waals surface area contributed by atoms with E-state index >= 15 is 0 Å². The number of benzene rings is 1. The van der Waals surface area contributed by atoms with Crippen molar-refractivity contribution in [3.05, 3.63) is 111 Å². The van der Waals surface area contributed by atoms with E-state index in [4.69, 9.17) is 53.8 Å². The van der Waals surface area contributed by atoms with Gasteiger partial charge in [-0.25, -0.2) is 44.5 Å². The molecular formula is C65H71N13O16S6. The summed E-state index contributed by atoms with van der Waals surface area (Å²) in [6, 6.07) is 9.13. The number of aromatic nitrogens is 7. The number of hydrogen-bond acceptors (Lipinski definition) is 27. The minimum atomic E-state index is -1.33. The molecule has 0 saturated heterocycles. The van der Waals surface area contributed by atoms with Crippen molar-refractivity contribution >= 4 is 127 Å². The number of rotatable bonds is 21. The Morgan fingerprint density at radius 2 is 1.42 bits per heavy atom. The molecule has 7 aromatic heterocycles. The lowest BCUT2D eigenvalue weighted by Crippen LogP contribution is -2.42. The average Bonchev–Trinajstić information content (AvgIpc) is 1.58. The van der Waals surface area contributed by atoms with Crippen molar-refractivity contribution in [1.29, 1.82) is 0 Å². The highest BCUT2D eigenvalue weighted by atomic mass is 32.1. The van der Waals surface area contributed by atoms with Gasteiger partial charge in [0.05, 0.1) is 67.9 Å². The van der Waals surface area contributed by atoms with Crippen LogP contribution in [0.3, 0.4) is 0 Å². The Morgan fingerprint density at radius 1 is 0.710 bits per heavy atom. The van der Waals surface area contributed by atoms with Gasteiger partial charge in [0.15, 0.2) is 0 Å². The summed E-state index contributed by atoms with van der Waals surface area (Å²) in [5.74, 6) is -5.79. The molecule has 0 radical (unpaired) electrons. The van der Waals surface area contributed by atoms with Gasteiger partial charge < -0.3 is 60.9 Å². The van der Waals surface area contributed by atoms with E-state index in [1.807, 2.05) is 13.8 Å². The van der Waals surface area contributed by atoms with Gasteiger partial charge in [0.25, 0.3) is 17.7 Å². The van der Waals surface area contributed by atoms with Gasteiger partial charge in [0, 0.05) is 52.5 Å². The van der Waals surface area contributed by atoms with Crippen molar-refractivity contribution in [3.63, 3.8) is 0 Å². The van der Waals surface area contributed by atoms with E-state index < -0.39 is 102 Å². The standard InChI is InChI=1S/C65H71N13O16S6/c1-32(2)48-62-77-51(42(100-62)26-91-5)55(87)67-25-45(80)74-52(53(85)34-12-8-7-9-13-34)61-72-41(30-97-61)59-70-39(28-96-59)50-36(57-71-40(29-95-57)54(86)69-38(24-44(79)66-4)60-76-49(33(3)99-60)56(88)75-48)15-16-37(68-50)58-73-43(31-98-58)78(22-23-93-27-47(83)84)64(90)94-35-17-20-65(21-18-35,63(89)92-6)19-11-10-14-46(81)82/h7-9,12-13,15-16,28-32,35,38,48,52-53,85H,10-11,14,17-27H2,1-6H3,(H,66,79)(H,67,87)(H,69,86)(H,74,80)(H,75,88)(H,81,82)(H,83,84)/t35-,38-,48?,52-,53-,65-/m0/s1. The lowest BCUT2D eigenvalue weighted by atomic mass is 9.70. The van der Waals surface area contributed by atoms with Crippen LogP contribution in [0, 0.1) is 18.3 Å². The third kappa shape index (κ3) is 17.8. The predicted octanol–water partition coefficient (Wildman–Crippen LogP) is 9.10. The zero-order valence-electron chi connectivity index (χ0n) is 54.9. The molecule has 10 bridgehead atoms. The molecule has 2 aliphatic rings. The summed E-state index contributed by atoms with van der Waals surface area (Å²) in [4.78, 5) is 157. The first-order chi connectivity index (χ1) is 48.0. The maximum absolute atomic E-state index is 14.5. The molecule has 1 fully saturated rings. The number of aryl methyl sites for hydroxylation is 1. The summed E-state index contributed by atoms with van der Waals surface area (Å²) >= 11 is 6.89. The molecule has 10 rings (SSSR count). The first-order valence-corrected chi connectivity index (χ1v) is 36.7. The first kappa shape index (κ1) is 73.8. The maximum Gasteiger partial charge on any atom is 0.415 e. The highest BCUT2D eigenvalue weighted by molar-refractivity contribution is 7.15. The van der Waals surface area contributed by atoms with Crippen molar-refractivity contribution < 1.29 is 77.4 Å². The van der Waals surface area contributed by atoms with Gasteiger partial charge in [-0.1, -0.05) is 50.6 Å². The number of carbonyl (C=O) groups excluding carboxylic acids is 7. The summed E-state index contributed by atoms with van der Waals surface area (Å²) < 4.78 is 22.1. The minimum Gasteiger partial charge on any atom is -0.481 e. The van der Waals surface area contributed by atoms with Crippen LogP contribution in [0.4, 0.5) is 10.6 Å². The molecule has 6 amide bonds. The zero-order chi connectivity index (χ0) is 71.4. The second-order valence-corrected chi connectivity index (χ2v) is 29.5. The van der Waals surface area contributed by atoms with Crippen LogP contribution in [0.2, 0.25) is 0 Å². The highest BCUT2D eigenvalue weighted by Crippen LogP contribution is 2.44. The fraction of sp³-hybridized carbons (Fsp3) is 0.415. The number of nitrogens with one attached hydrogen (secondary N) is 5. The SMILES string of the molecule is CNC(=O)C[C@@H]1NC(=O)c2csc(n2)-c2ccc(-c3nc(N(CCOCC(=O)O)C(=O)O[C@H]4CC[C@](CCCCC(=O)O)(C(=O)OC)CC4)cs3)nc2-c2csc(n2)-c2csc(n2)[C@H]([C@@H](O)c2ccccc2)NC(=O)CNC(=O)c2nc(sc2COC)C(C(C)C)NC(=O)c2nc1sc2C. The monoisotopic (exact) mass is 1480 g/mol. The molecule has 29 nitrogen and oxygen atoms in total. The number of methoxy groups -OCH3 is 2. The Labute approximate surface area is 596 Å². The number of hydrogen-bond donors (Lipinski definition) is 8. The number of fused-ring (bicyclic) bond motifs is 14. The maximum atomic E-state index is 14.5. The van der Waals surface area contributed by atoms with Crippen LogP contribution in [-0.2, 0) is 49.5 Å². The number of thiazole rings is 6. The minimum absolute atomic E-state index is 0.0237. The van der Waals surface area contributed by atoms with Crippen LogP contribution in [0.1, 0.15) is 158 Å². The molecule has 1 aliphatic heterocycles. The smallest absolute Gasteiger partial charge is 0.415 e. The number of aliphatic carboxylic acids is 2. The molecule has 1 aromatic carbocycles. The number of pyridine rings is 1. The number of esters is 1. The van der Waals surface area contributed by atoms with Gasteiger partial charge in [0.1, 0.15) is 94.9 Å². The average molecular weight is 1480 g/mol. The molecule has 1 aliphatic carbocycles. The molecule has 8 N–H and O–H groups in total. The predicted molar refractivity (Wildman–Crippen MR) is 372 cm³/mol. The van der Waals surface area contributed by atoms with E-state index in [1.165, 1.54) is 37.5 Å². The number of nitrogens with zero attached hydrogens (tertiary/aromatic N) is 8. The Kier molecular flexibility index (Phi) is 24.7. The van der Waals surface area contributed by atoms with Crippen molar-refractivity contribution in [2.75, 3.05) is 52.5 Å². The number of unbranched alkanes of at least 4 members (excludes halogenated alkanes) is 1. The van der Waals surface area contributed by atoms with Crippen LogP contribution in [-0.4, -0.2) is 157 Å². The Bertz CT molecular complexity index is 4290. The van der Waals surface area contributed by atoms with E-state index in [2.05, 4.69) is 26.6 Å². The van der Waals surface area contributed by atoms with Crippen LogP contribution in [0.5, 0.6) is 0 Å². The van der Waals surface area contributed by atoms with Gasteiger partial charge in [-0.3, -0.25) is 38.5 Å². The molecule has 0 spiro atoms. The number of aliphatic hydroxyl groups is 1. The van der Waals surface area contributed by atoms with Gasteiger partial charge in [-0.05, 0) is 69.1 Å². The van der Waals surface area contributed by atoms with E-state index in [-0.39, 0.29) is 72.1 Å². The number of carboxylic acids is 2. The number of ether oxygens (including phenoxy) is 4. The van der Waals surface area contributed by atoms with Crippen LogP contribution in [0.15, 0.2) is 64.0 Å². The van der Waals surface area contributed by atoms with E-state index in [9.17, 15) is 58.5 Å². The summed E-state index contributed by atoms with van der Waals surface area (Å²) in [6.45, 7) is 3.81. The lowest BCUT2D eigenvalue weighted by molar-refractivity contribution is -0.157. The van der Waals surface area contributed by atoms with E-state index in [1.54, 1.807) is 70.9 Å². The summed E-state index contributed by atoms with van der Waals surface area (Å²) in [5, 5.41) is 53.2. The third-order valence-corrected chi connectivity index (χ3v) is 22.2. The van der Waals surface area contributed by atoms with Crippen molar-refractivity contribution in [3.8, 4) is 43.4 Å². The van der Waals surface area contributed by atoms with Crippen LogP contribution >= 0.6 is 68.0 Å². The zero-order valence-corrected chi connectivity index (χ0v) is 59.8. The molecule has 1 unspecified atom stereocenters. The fourth-order valence-electron chi connectivity index (χ4n) is 11.3. The third-order valence-electron chi connectivity index (χ3n) is 16.5. The topological polar surface area (TPSA) is 405 Å². The fourth-order valence-corrected chi connectivity index (χ4v) is 16.8. The highest BCUT2D eigenvalue weighted by Gasteiger charge is 2.44. The van der Waals surface area contributed by atoms with Crippen molar-refractivity contribution in [2.24, 2.45) is 11.3 Å². The lowest BCUT2D eigenvalue weighted by Gasteiger charge is -2.38. The van der Waals surface area contributed by atoms with Gasteiger partial charge >= 0.3 is 24.0 Å². The number of carbonyl (C=O) groups is 9. The largest absolute Gasteiger partial charge is 0.481 e. The molecular weight excluding hydrogens is 1410 g/mol. The Morgan fingerprint density at radius 3 is 2.14 bits per heavy atom. The number of aliphatic hydroxyl groups excluding tert-OH is 1. The first-order valence-electron chi connectivity index (χ1n) is 31.6. The molecule has 4 atom stereocenters. The van der Waals surface area contributed by atoms with Crippen LogP contribution in [0.25, 0.3) is 43.4 Å². The molecule has 8 aromatic rings. The Balaban J connectivity index is 1.01. The number of anilines is 1. The normalized spacial score (nSPS) is 18.6. The van der Waals surface area contributed by atoms with Crippen molar-refractivity contribution in [2.45, 2.75) is 115 Å². The second kappa shape index (κ2) is 33.5. The number of amides is 6. The Hall–Kier alpha value is -8.94. The number of carboxylic acid groups (broad SMARTS) is 2. The summed E-state index contributed by atoms with van der Waals surface area (Å²) in [7, 11) is 4.21. The van der Waals surface area contributed by atoms with Gasteiger partial charge in [-0.15, -0.1) is 68.0 Å². The quantitative estimate of drug-likeness (QED) is 0.0245. The molecule has 100 heavy (non-hydrogen) atoms. The summed E-state index contributed by atoms with van der Waals surface area (Å²) in [6.07, 6.45) is -0.562. The van der Waals surface area contributed by atoms with E-state index in [0.717, 1.165) is 56.7 Å². The van der Waals surface area contributed by atoms with E-state index in [0.29, 0.717) is 108 Å². The molecule has 35 heteroatoms. The van der Waals surface area contributed by atoms with Gasteiger partial charge in [-0.2, -0.15) is 0 Å². The molecule has 1 saturated carbocycles. The van der Waals surface area contributed by atoms with Gasteiger partial charge in [0.2, 0.25) is 11.8 Å². The van der Waals surface area contributed by atoms with Crippen molar-refractivity contribution in [1.82, 2.24) is 61.5 Å². The molecule has 8 heterocycles. The molecule has 528 valence electrons. The summed E-state index contributed by atoms with van der Waals surface area (Å²) in [5.41, 5.74) is 1.26. The van der Waals surface area contributed by atoms with Crippen LogP contribution < -0.4 is 31.5 Å².